The number of aromatic nitrogens is 4. The topological polar surface area (TPSA) is 75.9 Å². The van der Waals surface area contributed by atoms with Gasteiger partial charge >= 0.3 is 0 Å². The molecule has 0 saturated heterocycles. The van der Waals surface area contributed by atoms with Crippen LogP contribution >= 0.6 is 0 Å². The molecular weight excluding hydrogens is 328 g/mol. The van der Waals surface area contributed by atoms with Crippen LogP contribution in [0.5, 0.6) is 0 Å². The van der Waals surface area contributed by atoms with Crippen LogP contribution in [0.2, 0.25) is 0 Å². The summed E-state index contributed by atoms with van der Waals surface area (Å²) in [5, 5.41) is 14.5. The van der Waals surface area contributed by atoms with Gasteiger partial charge in [-0.25, -0.2) is 4.68 Å². The lowest BCUT2D eigenvalue weighted by Crippen LogP contribution is -2.39. The smallest absolute Gasteiger partial charge is 0.245 e. The number of tetrazole rings is 1. The van der Waals surface area contributed by atoms with Crippen molar-refractivity contribution in [1.82, 2.24) is 30.4 Å². The number of benzene rings is 1. The molecule has 7 heteroatoms. The van der Waals surface area contributed by atoms with Crippen molar-refractivity contribution in [2.75, 3.05) is 20.6 Å². The van der Waals surface area contributed by atoms with Gasteiger partial charge in [0.05, 0.1) is 0 Å². The van der Waals surface area contributed by atoms with Gasteiger partial charge in [0, 0.05) is 19.0 Å². The first kappa shape index (κ1) is 18.5. The summed E-state index contributed by atoms with van der Waals surface area (Å²) < 4.78 is 1.55. The Morgan fingerprint density at radius 2 is 1.96 bits per heavy atom. The van der Waals surface area contributed by atoms with E-state index >= 15 is 0 Å². The van der Waals surface area contributed by atoms with Crippen molar-refractivity contribution in [2.24, 2.45) is 5.92 Å². The fourth-order valence-electron chi connectivity index (χ4n) is 3.68. The Kier molecular flexibility index (Phi) is 6.33. The van der Waals surface area contributed by atoms with E-state index in [9.17, 15) is 4.79 Å². The Bertz CT molecular complexity index is 665. The molecule has 1 aliphatic rings. The standard InChI is InChI=1S/C19H28N6O/c1-24(2)17-10-8-16(9-11-17)13-20-19(26)18(25-14-21-22-23-25)12-15-6-4-3-5-7-15/h3-7,14,16-18H,8-13H2,1-2H3,(H,20,26). The molecular formula is C19H28N6O. The van der Waals surface area contributed by atoms with E-state index in [0.717, 1.165) is 24.9 Å². The van der Waals surface area contributed by atoms with E-state index < -0.39 is 6.04 Å². The third-order valence-corrected chi connectivity index (χ3v) is 5.37. The second kappa shape index (κ2) is 8.89. The van der Waals surface area contributed by atoms with E-state index in [2.05, 4.69) is 39.8 Å². The quantitative estimate of drug-likeness (QED) is 0.817. The molecule has 1 aromatic carbocycles. The van der Waals surface area contributed by atoms with E-state index in [1.54, 1.807) is 4.68 Å². The summed E-state index contributed by atoms with van der Waals surface area (Å²) in [5.74, 6) is 0.539. The molecule has 1 aromatic heterocycles. The van der Waals surface area contributed by atoms with Gasteiger partial charge in [-0.1, -0.05) is 30.3 Å². The molecule has 0 bridgehead atoms. The molecule has 1 N–H and O–H groups in total. The number of carbonyl (C=O) groups excluding carboxylic acids is 1. The van der Waals surface area contributed by atoms with Gasteiger partial charge in [-0.05, 0) is 61.7 Å². The van der Waals surface area contributed by atoms with Gasteiger partial charge in [0.2, 0.25) is 5.91 Å². The molecule has 0 aliphatic heterocycles. The summed E-state index contributed by atoms with van der Waals surface area (Å²) in [4.78, 5) is 15.1. The maximum absolute atomic E-state index is 12.8. The first-order valence-corrected chi connectivity index (χ1v) is 9.34. The van der Waals surface area contributed by atoms with Gasteiger partial charge in [-0.2, -0.15) is 0 Å². The minimum absolute atomic E-state index is 0.0177. The van der Waals surface area contributed by atoms with Crippen LogP contribution in [-0.4, -0.2) is 57.7 Å². The van der Waals surface area contributed by atoms with Crippen molar-refractivity contribution in [1.29, 1.82) is 0 Å². The first-order valence-electron chi connectivity index (χ1n) is 9.34. The summed E-state index contributed by atoms with van der Waals surface area (Å²) in [6.45, 7) is 0.729. The molecule has 1 amide bonds. The SMILES string of the molecule is CN(C)C1CCC(CNC(=O)C(Cc2ccccc2)n2cnnn2)CC1. The molecule has 1 unspecified atom stereocenters. The zero-order valence-electron chi connectivity index (χ0n) is 15.6. The van der Waals surface area contributed by atoms with Crippen LogP contribution in [0.3, 0.4) is 0 Å². The molecule has 0 radical (unpaired) electrons. The lowest BCUT2D eigenvalue weighted by Gasteiger charge is -2.32. The van der Waals surface area contributed by atoms with Crippen molar-refractivity contribution in [3.63, 3.8) is 0 Å². The fraction of sp³-hybridized carbons (Fsp3) is 0.579. The van der Waals surface area contributed by atoms with E-state index in [0.29, 0.717) is 18.4 Å². The van der Waals surface area contributed by atoms with E-state index in [1.165, 1.54) is 19.2 Å². The van der Waals surface area contributed by atoms with Crippen LogP contribution in [0.4, 0.5) is 0 Å². The molecule has 7 nitrogen and oxygen atoms in total. The highest BCUT2D eigenvalue weighted by Gasteiger charge is 2.26. The number of hydrogen-bond donors (Lipinski definition) is 1. The highest BCUT2D eigenvalue weighted by atomic mass is 16.2. The van der Waals surface area contributed by atoms with Crippen molar-refractivity contribution in [2.45, 2.75) is 44.2 Å². The molecule has 2 aromatic rings. The third-order valence-electron chi connectivity index (χ3n) is 5.37. The number of nitrogens with one attached hydrogen (secondary N) is 1. The zero-order valence-corrected chi connectivity index (χ0v) is 15.6. The van der Waals surface area contributed by atoms with Crippen LogP contribution < -0.4 is 5.32 Å². The molecule has 0 spiro atoms. The predicted octanol–water partition coefficient (Wildman–Crippen LogP) is 1.69. The number of carbonyl (C=O) groups is 1. The van der Waals surface area contributed by atoms with Crippen LogP contribution in [0, 0.1) is 5.92 Å². The van der Waals surface area contributed by atoms with Crippen LogP contribution in [0.1, 0.15) is 37.3 Å². The van der Waals surface area contributed by atoms with Crippen molar-refractivity contribution >= 4 is 5.91 Å². The fourth-order valence-corrected chi connectivity index (χ4v) is 3.68. The first-order chi connectivity index (χ1) is 12.6. The van der Waals surface area contributed by atoms with Gasteiger partial charge in [0.25, 0.3) is 0 Å². The number of hydrogen-bond acceptors (Lipinski definition) is 5. The summed E-state index contributed by atoms with van der Waals surface area (Å²) >= 11 is 0. The highest BCUT2D eigenvalue weighted by Crippen LogP contribution is 2.26. The van der Waals surface area contributed by atoms with Gasteiger partial charge in [-0.15, -0.1) is 5.10 Å². The highest BCUT2D eigenvalue weighted by molar-refractivity contribution is 5.80. The summed E-state index contributed by atoms with van der Waals surface area (Å²) in [6, 6.07) is 10.2. The normalized spacial score (nSPS) is 21.5. The minimum Gasteiger partial charge on any atom is -0.354 e. The summed E-state index contributed by atoms with van der Waals surface area (Å²) in [5.41, 5.74) is 1.09. The predicted molar refractivity (Wildman–Crippen MR) is 99.4 cm³/mol. The monoisotopic (exact) mass is 356 g/mol. The second-order valence-electron chi connectivity index (χ2n) is 7.38. The number of nitrogens with zero attached hydrogens (tertiary/aromatic N) is 5. The zero-order chi connectivity index (χ0) is 18.4. The van der Waals surface area contributed by atoms with E-state index in [-0.39, 0.29) is 5.91 Å². The molecule has 1 fully saturated rings. The summed E-state index contributed by atoms with van der Waals surface area (Å²) in [7, 11) is 4.29. The average molecular weight is 356 g/mol. The summed E-state index contributed by atoms with van der Waals surface area (Å²) in [6.07, 6.45) is 6.82. The van der Waals surface area contributed by atoms with Crippen molar-refractivity contribution in [3.8, 4) is 0 Å². The Hall–Kier alpha value is -2.28. The molecule has 26 heavy (non-hydrogen) atoms. The molecule has 1 aliphatic carbocycles. The van der Waals surface area contributed by atoms with Gasteiger partial charge in [0.15, 0.2) is 0 Å². The lowest BCUT2D eigenvalue weighted by atomic mass is 9.85. The Labute approximate surface area is 154 Å². The molecule has 1 heterocycles. The van der Waals surface area contributed by atoms with E-state index in [1.807, 2.05) is 30.3 Å². The van der Waals surface area contributed by atoms with Gasteiger partial charge < -0.3 is 10.2 Å². The molecule has 140 valence electrons. The Morgan fingerprint density at radius 1 is 1.23 bits per heavy atom. The third kappa shape index (κ3) is 4.88. The maximum Gasteiger partial charge on any atom is 0.245 e. The number of rotatable bonds is 7. The van der Waals surface area contributed by atoms with Gasteiger partial charge in [0.1, 0.15) is 12.4 Å². The largest absolute Gasteiger partial charge is 0.354 e. The Balaban J connectivity index is 1.56. The van der Waals surface area contributed by atoms with Gasteiger partial charge in [-0.3, -0.25) is 4.79 Å². The van der Waals surface area contributed by atoms with Crippen LogP contribution in [0.15, 0.2) is 36.7 Å². The van der Waals surface area contributed by atoms with Crippen LogP contribution in [0.25, 0.3) is 0 Å². The molecule has 1 saturated carbocycles. The lowest BCUT2D eigenvalue weighted by molar-refractivity contribution is -0.124. The maximum atomic E-state index is 12.8. The van der Waals surface area contributed by atoms with Crippen LogP contribution in [-0.2, 0) is 11.2 Å². The Morgan fingerprint density at radius 3 is 2.58 bits per heavy atom. The minimum atomic E-state index is -0.425. The van der Waals surface area contributed by atoms with Crippen molar-refractivity contribution < 1.29 is 4.79 Å². The number of amides is 1. The molecule has 1 atom stereocenters. The van der Waals surface area contributed by atoms with E-state index in [4.69, 9.17) is 0 Å². The molecule has 3 rings (SSSR count). The average Bonchev–Trinajstić information content (AvgIpc) is 3.19. The second-order valence-corrected chi connectivity index (χ2v) is 7.38. The van der Waals surface area contributed by atoms with Crippen molar-refractivity contribution in [3.05, 3.63) is 42.2 Å².